The number of allylic oxidation sites excluding steroid dienone is 4. The minimum absolute atomic E-state index is 0.306. The van der Waals surface area contributed by atoms with Crippen molar-refractivity contribution < 1.29 is 0 Å². The molecule has 0 spiro atoms. The zero-order valence-corrected chi connectivity index (χ0v) is 12.7. The van der Waals surface area contributed by atoms with Crippen molar-refractivity contribution in [1.29, 1.82) is 0 Å². The number of hydrogen-bond acceptors (Lipinski definition) is 0. The molecule has 0 amide bonds. The summed E-state index contributed by atoms with van der Waals surface area (Å²) in [5, 5.41) is 1.31. The Bertz CT molecular complexity index is 838. The van der Waals surface area contributed by atoms with E-state index in [1.54, 1.807) is 0 Å². The monoisotopic (exact) mass is 285 g/mol. The second-order valence-electron chi connectivity index (χ2n) is 5.98. The predicted molar refractivity (Wildman–Crippen MR) is 93.2 cm³/mol. The Morgan fingerprint density at radius 2 is 1.59 bits per heavy atom. The van der Waals surface area contributed by atoms with Gasteiger partial charge in [-0.15, -0.1) is 0 Å². The van der Waals surface area contributed by atoms with Gasteiger partial charge in [-0.25, -0.2) is 0 Å². The third kappa shape index (κ3) is 2.29. The van der Waals surface area contributed by atoms with E-state index in [1.165, 1.54) is 22.0 Å². The lowest BCUT2D eigenvalue weighted by molar-refractivity contribution is 0.734. The fraction of sp³-hybridized carbons (Fsp3) is 0.143. The van der Waals surface area contributed by atoms with Gasteiger partial charge in [0.2, 0.25) is 0 Å². The topological polar surface area (TPSA) is 4.93 Å². The van der Waals surface area contributed by atoms with Crippen molar-refractivity contribution >= 4 is 10.9 Å². The summed E-state index contributed by atoms with van der Waals surface area (Å²) in [6.07, 6.45) is 11.4. The van der Waals surface area contributed by atoms with Crippen LogP contribution in [0.1, 0.15) is 23.1 Å². The summed E-state index contributed by atoms with van der Waals surface area (Å²) in [7, 11) is 0. The molecule has 0 N–H and O–H groups in total. The molecule has 0 bridgehead atoms. The van der Waals surface area contributed by atoms with E-state index in [-0.39, 0.29) is 0 Å². The molecule has 1 aromatic heterocycles. The lowest BCUT2D eigenvalue weighted by Crippen LogP contribution is -2.06. The van der Waals surface area contributed by atoms with Crippen LogP contribution < -0.4 is 0 Å². The molecule has 0 unspecified atom stereocenters. The molecule has 2 aromatic carbocycles. The van der Waals surface area contributed by atoms with Crippen molar-refractivity contribution in [3.05, 3.63) is 96.2 Å². The van der Waals surface area contributed by atoms with Crippen LogP contribution in [-0.4, -0.2) is 4.57 Å². The molecule has 0 radical (unpaired) electrons. The number of benzene rings is 2. The molecule has 3 aromatic rings. The number of aromatic nitrogens is 1. The Labute approximate surface area is 131 Å². The minimum atomic E-state index is 0.306. The van der Waals surface area contributed by atoms with Gasteiger partial charge in [-0.3, -0.25) is 0 Å². The SMILES string of the molecule is Cc1ccc2c(ccn2C2C=CC(c3ccccc3)C=C2)c1. The second-order valence-corrected chi connectivity index (χ2v) is 5.98. The van der Waals surface area contributed by atoms with Gasteiger partial charge in [0.15, 0.2) is 0 Å². The maximum Gasteiger partial charge on any atom is 0.0701 e. The number of aryl methyl sites for hydroxylation is 1. The molecule has 1 heterocycles. The lowest BCUT2D eigenvalue weighted by atomic mass is 9.93. The normalized spacial score (nSPS) is 20.6. The van der Waals surface area contributed by atoms with E-state index in [9.17, 15) is 0 Å². The van der Waals surface area contributed by atoms with Crippen LogP contribution in [0, 0.1) is 6.92 Å². The van der Waals surface area contributed by atoms with Crippen LogP contribution in [0.3, 0.4) is 0 Å². The maximum atomic E-state index is 2.34. The highest BCUT2D eigenvalue weighted by atomic mass is 15.0. The van der Waals surface area contributed by atoms with Gasteiger partial charge in [-0.2, -0.15) is 0 Å². The molecule has 1 nitrogen and oxygen atoms in total. The summed E-state index contributed by atoms with van der Waals surface area (Å²) in [5.74, 6) is 0.390. The van der Waals surface area contributed by atoms with Gasteiger partial charge in [0.25, 0.3) is 0 Å². The first kappa shape index (κ1) is 13.1. The first-order chi connectivity index (χ1) is 10.8. The Hall–Kier alpha value is -2.54. The summed E-state index contributed by atoms with van der Waals surface area (Å²) in [4.78, 5) is 0. The first-order valence-electron chi connectivity index (χ1n) is 7.80. The lowest BCUT2D eigenvalue weighted by Gasteiger charge is -2.19. The second kappa shape index (κ2) is 5.34. The van der Waals surface area contributed by atoms with Gasteiger partial charge in [0, 0.05) is 17.6 Å². The zero-order chi connectivity index (χ0) is 14.9. The summed E-state index contributed by atoms with van der Waals surface area (Å²) >= 11 is 0. The summed E-state index contributed by atoms with van der Waals surface area (Å²) in [6.45, 7) is 2.14. The molecular formula is C21H19N. The first-order valence-corrected chi connectivity index (χ1v) is 7.80. The Morgan fingerprint density at radius 1 is 0.818 bits per heavy atom. The average molecular weight is 285 g/mol. The van der Waals surface area contributed by atoms with Crippen molar-refractivity contribution in [3.8, 4) is 0 Å². The highest BCUT2D eigenvalue weighted by molar-refractivity contribution is 5.81. The van der Waals surface area contributed by atoms with E-state index in [4.69, 9.17) is 0 Å². The number of fused-ring (bicyclic) bond motifs is 1. The molecule has 0 aliphatic heterocycles. The van der Waals surface area contributed by atoms with Gasteiger partial charge in [0.05, 0.1) is 6.04 Å². The molecule has 22 heavy (non-hydrogen) atoms. The van der Waals surface area contributed by atoms with Crippen molar-refractivity contribution in [2.75, 3.05) is 0 Å². The van der Waals surface area contributed by atoms with Gasteiger partial charge in [-0.1, -0.05) is 66.3 Å². The van der Waals surface area contributed by atoms with E-state index in [1.807, 2.05) is 0 Å². The fourth-order valence-corrected chi connectivity index (χ4v) is 3.22. The molecule has 0 saturated heterocycles. The van der Waals surface area contributed by atoms with Crippen molar-refractivity contribution in [2.24, 2.45) is 0 Å². The van der Waals surface area contributed by atoms with Crippen LogP contribution in [0.5, 0.6) is 0 Å². The largest absolute Gasteiger partial charge is 0.337 e. The van der Waals surface area contributed by atoms with Crippen molar-refractivity contribution in [2.45, 2.75) is 18.9 Å². The smallest absolute Gasteiger partial charge is 0.0701 e. The average Bonchev–Trinajstić information content (AvgIpc) is 2.99. The standard InChI is InChI=1S/C21H19N/c1-16-7-12-21-19(15-16)13-14-22(21)20-10-8-18(9-11-20)17-5-3-2-4-6-17/h2-15,18,20H,1H3. The zero-order valence-electron chi connectivity index (χ0n) is 12.7. The van der Waals surface area contributed by atoms with Gasteiger partial charge in [-0.05, 0) is 36.1 Å². The van der Waals surface area contributed by atoms with Gasteiger partial charge < -0.3 is 4.57 Å². The van der Waals surface area contributed by atoms with Gasteiger partial charge >= 0.3 is 0 Å². The van der Waals surface area contributed by atoms with Crippen LogP contribution in [0.25, 0.3) is 10.9 Å². The summed E-state index contributed by atoms with van der Waals surface area (Å²) in [5.41, 5.74) is 3.95. The quantitative estimate of drug-likeness (QED) is 0.555. The molecule has 108 valence electrons. The third-order valence-corrected chi connectivity index (χ3v) is 4.41. The van der Waals surface area contributed by atoms with E-state index in [0.717, 1.165) is 0 Å². The van der Waals surface area contributed by atoms with Crippen LogP contribution in [-0.2, 0) is 0 Å². The van der Waals surface area contributed by atoms with Crippen molar-refractivity contribution in [1.82, 2.24) is 4.57 Å². The Kier molecular flexibility index (Phi) is 3.19. The highest BCUT2D eigenvalue weighted by Crippen LogP contribution is 2.29. The maximum absolute atomic E-state index is 2.34. The van der Waals surface area contributed by atoms with E-state index >= 15 is 0 Å². The number of hydrogen-bond donors (Lipinski definition) is 0. The molecule has 0 fully saturated rings. The van der Waals surface area contributed by atoms with Gasteiger partial charge in [0.1, 0.15) is 0 Å². The molecular weight excluding hydrogens is 266 g/mol. The summed E-state index contributed by atoms with van der Waals surface area (Å²) < 4.78 is 2.34. The Balaban J connectivity index is 1.64. The van der Waals surface area contributed by atoms with Crippen LogP contribution in [0.15, 0.2) is 85.1 Å². The number of rotatable bonds is 2. The molecule has 0 saturated carbocycles. The molecule has 1 heteroatoms. The summed E-state index contributed by atoms with van der Waals surface area (Å²) in [6, 6.07) is 19.8. The molecule has 1 aliphatic carbocycles. The van der Waals surface area contributed by atoms with E-state index in [0.29, 0.717) is 12.0 Å². The fourth-order valence-electron chi connectivity index (χ4n) is 3.22. The van der Waals surface area contributed by atoms with Crippen LogP contribution in [0.4, 0.5) is 0 Å². The molecule has 0 atom stereocenters. The number of nitrogens with zero attached hydrogens (tertiary/aromatic N) is 1. The van der Waals surface area contributed by atoms with Crippen molar-refractivity contribution in [3.63, 3.8) is 0 Å². The molecule has 4 rings (SSSR count). The van der Waals surface area contributed by atoms with Crippen LogP contribution >= 0.6 is 0 Å². The van der Waals surface area contributed by atoms with Crippen LogP contribution in [0.2, 0.25) is 0 Å². The molecule has 1 aliphatic rings. The highest BCUT2D eigenvalue weighted by Gasteiger charge is 2.13. The van der Waals surface area contributed by atoms with E-state index in [2.05, 4.69) is 96.6 Å². The third-order valence-electron chi connectivity index (χ3n) is 4.41. The van der Waals surface area contributed by atoms with E-state index < -0.39 is 0 Å². The Morgan fingerprint density at radius 3 is 2.36 bits per heavy atom. The minimum Gasteiger partial charge on any atom is -0.337 e. The predicted octanol–water partition coefficient (Wildman–Crippen LogP) is 5.40.